The van der Waals surface area contributed by atoms with Crippen LogP contribution in [0.1, 0.15) is 23.5 Å². The van der Waals surface area contributed by atoms with Crippen LogP contribution in [0.4, 0.5) is 0 Å². The number of carbonyl (C=O) groups is 1. The van der Waals surface area contributed by atoms with Crippen LogP contribution in [0.5, 0.6) is 5.88 Å². The van der Waals surface area contributed by atoms with Gasteiger partial charge in [-0.1, -0.05) is 34.1 Å². The third-order valence-corrected chi connectivity index (χ3v) is 4.39. The van der Waals surface area contributed by atoms with E-state index in [0.29, 0.717) is 18.3 Å². The normalized spacial score (nSPS) is 19.5. The van der Waals surface area contributed by atoms with E-state index in [0.717, 1.165) is 16.5 Å². The fourth-order valence-electron chi connectivity index (χ4n) is 2.65. The minimum absolute atomic E-state index is 0.0666. The number of rotatable bonds is 5. The average molecular weight is 361 g/mol. The van der Waals surface area contributed by atoms with Crippen LogP contribution in [0.25, 0.3) is 0 Å². The molecule has 0 bridgehead atoms. The fraction of sp³-hybridized carbons (Fsp3) is 0.294. The maximum Gasteiger partial charge on any atom is 0.224 e. The molecule has 0 aliphatic heterocycles. The standard InChI is InChI=1S/C17H17BrN2O2/c1-22-17-12(5-3-7-19-17)10-20-16(21)15-9-14(15)11-4-2-6-13(18)8-11/h2-8,14-15H,9-10H2,1H3,(H,20,21). The van der Waals surface area contributed by atoms with Crippen LogP contribution in [0.3, 0.4) is 0 Å². The molecule has 1 amide bonds. The maximum atomic E-state index is 12.3. The number of nitrogens with zero attached hydrogens (tertiary/aromatic N) is 1. The van der Waals surface area contributed by atoms with Crippen molar-refractivity contribution in [3.05, 3.63) is 58.2 Å². The van der Waals surface area contributed by atoms with Crippen LogP contribution in [-0.4, -0.2) is 18.0 Å². The molecule has 0 radical (unpaired) electrons. The van der Waals surface area contributed by atoms with Crippen molar-refractivity contribution in [2.24, 2.45) is 5.92 Å². The molecule has 2 atom stereocenters. The van der Waals surface area contributed by atoms with Crippen molar-refractivity contribution in [1.82, 2.24) is 10.3 Å². The molecule has 1 fully saturated rings. The van der Waals surface area contributed by atoms with Crippen LogP contribution in [0.2, 0.25) is 0 Å². The van der Waals surface area contributed by atoms with Gasteiger partial charge >= 0.3 is 0 Å². The maximum absolute atomic E-state index is 12.3. The first-order valence-electron chi connectivity index (χ1n) is 7.20. The van der Waals surface area contributed by atoms with Crippen LogP contribution >= 0.6 is 15.9 Å². The number of pyridine rings is 1. The van der Waals surface area contributed by atoms with Gasteiger partial charge in [0.15, 0.2) is 0 Å². The van der Waals surface area contributed by atoms with Gasteiger partial charge in [-0.15, -0.1) is 0 Å². The Balaban J connectivity index is 1.58. The van der Waals surface area contributed by atoms with Gasteiger partial charge in [-0.05, 0) is 36.1 Å². The molecule has 3 rings (SSSR count). The summed E-state index contributed by atoms with van der Waals surface area (Å²) >= 11 is 3.47. The second-order valence-electron chi connectivity index (χ2n) is 5.39. The van der Waals surface area contributed by atoms with Gasteiger partial charge in [-0.3, -0.25) is 4.79 Å². The summed E-state index contributed by atoms with van der Waals surface area (Å²) in [5.41, 5.74) is 2.10. The zero-order valence-electron chi connectivity index (χ0n) is 12.3. The SMILES string of the molecule is COc1ncccc1CNC(=O)C1CC1c1cccc(Br)c1. The van der Waals surface area contributed by atoms with Gasteiger partial charge in [0.25, 0.3) is 0 Å². The zero-order chi connectivity index (χ0) is 15.5. The van der Waals surface area contributed by atoms with Crippen LogP contribution in [0, 0.1) is 5.92 Å². The van der Waals surface area contributed by atoms with E-state index in [2.05, 4.69) is 38.4 Å². The van der Waals surface area contributed by atoms with E-state index in [1.54, 1.807) is 13.3 Å². The summed E-state index contributed by atoms with van der Waals surface area (Å²) in [4.78, 5) is 16.4. The summed E-state index contributed by atoms with van der Waals surface area (Å²) in [5.74, 6) is 1.04. The molecule has 1 aromatic heterocycles. The summed E-state index contributed by atoms with van der Waals surface area (Å²) in [7, 11) is 1.58. The number of amides is 1. The second kappa shape index (κ2) is 6.48. The molecule has 1 heterocycles. The molecule has 0 saturated heterocycles. The molecule has 114 valence electrons. The molecular formula is C17H17BrN2O2. The molecule has 1 aliphatic carbocycles. The summed E-state index contributed by atoms with van der Waals surface area (Å²) < 4.78 is 6.24. The lowest BCUT2D eigenvalue weighted by atomic mass is 10.1. The largest absolute Gasteiger partial charge is 0.481 e. The summed E-state index contributed by atoms with van der Waals surface area (Å²) in [6, 6.07) is 11.9. The van der Waals surface area contributed by atoms with Crippen molar-refractivity contribution in [3.63, 3.8) is 0 Å². The number of hydrogen-bond acceptors (Lipinski definition) is 3. The van der Waals surface area contributed by atoms with Crippen LogP contribution in [-0.2, 0) is 11.3 Å². The molecule has 2 unspecified atom stereocenters. The van der Waals surface area contributed by atoms with E-state index < -0.39 is 0 Å². The van der Waals surface area contributed by atoms with Gasteiger partial charge in [0, 0.05) is 28.7 Å². The third kappa shape index (κ3) is 3.30. The molecule has 4 nitrogen and oxygen atoms in total. The smallest absolute Gasteiger partial charge is 0.224 e. The van der Waals surface area contributed by atoms with Crippen LogP contribution in [0.15, 0.2) is 47.1 Å². The number of ether oxygens (including phenoxy) is 1. The lowest BCUT2D eigenvalue weighted by Gasteiger charge is -2.08. The van der Waals surface area contributed by atoms with E-state index in [4.69, 9.17) is 4.74 Å². The topological polar surface area (TPSA) is 51.2 Å². The average Bonchev–Trinajstić information content (AvgIpc) is 3.33. The highest BCUT2D eigenvalue weighted by molar-refractivity contribution is 9.10. The van der Waals surface area contributed by atoms with Crippen molar-refractivity contribution in [3.8, 4) is 5.88 Å². The predicted molar refractivity (Wildman–Crippen MR) is 87.6 cm³/mol. The van der Waals surface area contributed by atoms with Crippen molar-refractivity contribution in [1.29, 1.82) is 0 Å². The Hall–Kier alpha value is -1.88. The molecule has 1 aromatic carbocycles. The lowest BCUT2D eigenvalue weighted by Crippen LogP contribution is -2.25. The highest BCUT2D eigenvalue weighted by atomic mass is 79.9. The number of nitrogens with one attached hydrogen (secondary N) is 1. The highest BCUT2D eigenvalue weighted by Crippen LogP contribution is 2.47. The molecule has 1 aliphatic rings. The van der Waals surface area contributed by atoms with E-state index in [-0.39, 0.29) is 11.8 Å². The lowest BCUT2D eigenvalue weighted by molar-refractivity contribution is -0.122. The van der Waals surface area contributed by atoms with Gasteiger partial charge in [0.1, 0.15) is 0 Å². The van der Waals surface area contributed by atoms with Crippen molar-refractivity contribution in [2.45, 2.75) is 18.9 Å². The number of methoxy groups -OCH3 is 1. The number of aromatic nitrogens is 1. The Morgan fingerprint density at radius 3 is 3.05 bits per heavy atom. The van der Waals surface area contributed by atoms with Gasteiger partial charge in [0.05, 0.1) is 7.11 Å². The van der Waals surface area contributed by atoms with E-state index in [1.807, 2.05) is 24.3 Å². The summed E-state index contributed by atoms with van der Waals surface area (Å²) in [6.45, 7) is 0.442. The van der Waals surface area contributed by atoms with Gasteiger partial charge in [0.2, 0.25) is 11.8 Å². The zero-order valence-corrected chi connectivity index (χ0v) is 13.8. The number of benzene rings is 1. The second-order valence-corrected chi connectivity index (χ2v) is 6.31. The van der Waals surface area contributed by atoms with E-state index in [9.17, 15) is 4.79 Å². The summed E-state index contributed by atoms with van der Waals surface area (Å²) in [6.07, 6.45) is 2.58. The minimum atomic E-state index is 0.0666. The molecule has 5 heteroatoms. The predicted octanol–water partition coefficient (Wildman–Crippen LogP) is 3.27. The first-order valence-corrected chi connectivity index (χ1v) is 7.99. The number of hydrogen-bond donors (Lipinski definition) is 1. The third-order valence-electron chi connectivity index (χ3n) is 3.90. The molecule has 22 heavy (non-hydrogen) atoms. The van der Waals surface area contributed by atoms with Crippen molar-refractivity contribution >= 4 is 21.8 Å². The Morgan fingerprint density at radius 2 is 2.27 bits per heavy atom. The molecule has 2 aromatic rings. The van der Waals surface area contributed by atoms with E-state index in [1.165, 1.54) is 5.56 Å². The number of halogens is 1. The highest BCUT2D eigenvalue weighted by Gasteiger charge is 2.43. The Labute approximate surface area is 138 Å². The van der Waals surface area contributed by atoms with Gasteiger partial charge in [-0.25, -0.2) is 4.98 Å². The minimum Gasteiger partial charge on any atom is -0.481 e. The van der Waals surface area contributed by atoms with Crippen molar-refractivity contribution < 1.29 is 9.53 Å². The molecule has 0 spiro atoms. The fourth-order valence-corrected chi connectivity index (χ4v) is 3.06. The first-order chi connectivity index (χ1) is 10.7. The molecular weight excluding hydrogens is 344 g/mol. The van der Waals surface area contributed by atoms with Crippen LogP contribution < -0.4 is 10.1 Å². The first kappa shape index (κ1) is 15.0. The molecule has 1 saturated carbocycles. The van der Waals surface area contributed by atoms with Gasteiger partial charge in [-0.2, -0.15) is 0 Å². The quantitative estimate of drug-likeness (QED) is 0.889. The summed E-state index contributed by atoms with van der Waals surface area (Å²) in [5, 5.41) is 2.98. The molecule has 1 N–H and O–H groups in total. The van der Waals surface area contributed by atoms with E-state index >= 15 is 0 Å². The van der Waals surface area contributed by atoms with Crippen molar-refractivity contribution in [2.75, 3.05) is 7.11 Å². The Bertz CT molecular complexity index is 690. The monoisotopic (exact) mass is 360 g/mol. The number of carbonyl (C=O) groups excluding carboxylic acids is 1. The van der Waals surface area contributed by atoms with Gasteiger partial charge < -0.3 is 10.1 Å². The Kier molecular flexibility index (Phi) is 4.43. The Morgan fingerprint density at radius 1 is 1.41 bits per heavy atom.